The standard InChI is InChI=1S/C11H13BrFN/c12-11-4-2-8(13)6-10(11)7-1-3-9(14)5-7/h2,4,6-7,9H,1,3,5,14H2. The Morgan fingerprint density at radius 1 is 1.36 bits per heavy atom. The van der Waals surface area contributed by atoms with Gasteiger partial charge in [-0.25, -0.2) is 4.39 Å². The fourth-order valence-electron chi connectivity index (χ4n) is 2.13. The fraction of sp³-hybridized carbons (Fsp3) is 0.455. The van der Waals surface area contributed by atoms with Gasteiger partial charge >= 0.3 is 0 Å². The third-order valence-electron chi connectivity index (χ3n) is 2.87. The van der Waals surface area contributed by atoms with Crippen LogP contribution in [-0.2, 0) is 0 Å². The minimum absolute atomic E-state index is 0.163. The Labute approximate surface area is 91.6 Å². The van der Waals surface area contributed by atoms with Gasteiger partial charge in [-0.15, -0.1) is 0 Å². The van der Waals surface area contributed by atoms with Crippen LogP contribution in [0.1, 0.15) is 30.7 Å². The van der Waals surface area contributed by atoms with Gasteiger partial charge in [-0.1, -0.05) is 15.9 Å². The lowest BCUT2D eigenvalue weighted by molar-refractivity contribution is 0.615. The first kappa shape index (κ1) is 10.1. The normalized spacial score (nSPS) is 26.8. The second kappa shape index (κ2) is 3.99. The summed E-state index contributed by atoms with van der Waals surface area (Å²) in [4.78, 5) is 0. The maximum atomic E-state index is 13.0. The third kappa shape index (κ3) is 1.98. The van der Waals surface area contributed by atoms with Gasteiger partial charge in [-0.05, 0) is 48.9 Å². The second-order valence-electron chi connectivity index (χ2n) is 3.94. The molecule has 0 heterocycles. The quantitative estimate of drug-likeness (QED) is 0.822. The van der Waals surface area contributed by atoms with Gasteiger partial charge < -0.3 is 5.73 Å². The summed E-state index contributed by atoms with van der Waals surface area (Å²) < 4.78 is 14.0. The van der Waals surface area contributed by atoms with E-state index >= 15 is 0 Å². The molecular formula is C11H13BrFN. The molecule has 3 heteroatoms. The molecular weight excluding hydrogens is 245 g/mol. The van der Waals surface area contributed by atoms with Crippen LogP contribution in [0.4, 0.5) is 4.39 Å². The lowest BCUT2D eigenvalue weighted by atomic mass is 9.97. The molecule has 1 saturated carbocycles. The molecule has 14 heavy (non-hydrogen) atoms. The van der Waals surface area contributed by atoms with E-state index in [1.54, 1.807) is 12.1 Å². The summed E-state index contributed by atoms with van der Waals surface area (Å²) in [7, 11) is 0. The predicted molar refractivity (Wildman–Crippen MR) is 58.7 cm³/mol. The van der Waals surface area contributed by atoms with Crippen molar-refractivity contribution in [3.8, 4) is 0 Å². The van der Waals surface area contributed by atoms with E-state index in [0.717, 1.165) is 29.3 Å². The molecule has 0 amide bonds. The Bertz CT molecular complexity index is 340. The number of nitrogens with two attached hydrogens (primary N) is 1. The summed E-state index contributed by atoms with van der Waals surface area (Å²) in [6.45, 7) is 0. The molecule has 1 fully saturated rings. The largest absolute Gasteiger partial charge is 0.328 e. The summed E-state index contributed by atoms with van der Waals surface area (Å²) in [6, 6.07) is 5.15. The molecule has 0 bridgehead atoms. The molecule has 0 spiro atoms. The van der Waals surface area contributed by atoms with Crippen LogP contribution in [0.15, 0.2) is 22.7 Å². The first-order chi connectivity index (χ1) is 6.66. The average Bonchev–Trinajstić information content (AvgIpc) is 2.56. The zero-order chi connectivity index (χ0) is 10.1. The maximum absolute atomic E-state index is 13.0. The fourth-order valence-corrected chi connectivity index (χ4v) is 2.70. The van der Waals surface area contributed by atoms with Gasteiger partial charge in [0.1, 0.15) is 5.82 Å². The Morgan fingerprint density at radius 2 is 2.14 bits per heavy atom. The first-order valence-corrected chi connectivity index (χ1v) is 5.66. The molecule has 2 N–H and O–H groups in total. The van der Waals surface area contributed by atoms with E-state index in [9.17, 15) is 4.39 Å². The molecule has 1 aliphatic rings. The van der Waals surface area contributed by atoms with E-state index in [2.05, 4.69) is 15.9 Å². The highest BCUT2D eigenvalue weighted by Gasteiger charge is 2.24. The third-order valence-corrected chi connectivity index (χ3v) is 3.59. The van der Waals surface area contributed by atoms with Crippen molar-refractivity contribution in [2.24, 2.45) is 5.73 Å². The van der Waals surface area contributed by atoms with Crippen molar-refractivity contribution in [3.63, 3.8) is 0 Å². The molecule has 1 aromatic rings. The van der Waals surface area contributed by atoms with Gasteiger partial charge in [-0.3, -0.25) is 0 Å². The Kier molecular flexibility index (Phi) is 2.88. The van der Waals surface area contributed by atoms with Crippen LogP contribution in [0.25, 0.3) is 0 Å². The highest BCUT2D eigenvalue weighted by Crippen LogP contribution is 2.37. The van der Waals surface area contributed by atoms with E-state index in [0.29, 0.717) is 5.92 Å². The van der Waals surface area contributed by atoms with Crippen molar-refractivity contribution in [2.75, 3.05) is 0 Å². The van der Waals surface area contributed by atoms with E-state index in [1.165, 1.54) is 6.07 Å². The molecule has 1 aromatic carbocycles. The van der Waals surface area contributed by atoms with E-state index in [1.807, 2.05) is 0 Å². The molecule has 1 nitrogen and oxygen atoms in total. The van der Waals surface area contributed by atoms with Crippen molar-refractivity contribution in [2.45, 2.75) is 31.2 Å². The number of hydrogen-bond acceptors (Lipinski definition) is 1. The van der Waals surface area contributed by atoms with Crippen molar-refractivity contribution < 1.29 is 4.39 Å². The zero-order valence-electron chi connectivity index (χ0n) is 7.84. The van der Waals surface area contributed by atoms with E-state index in [4.69, 9.17) is 5.73 Å². The molecule has 0 aliphatic heterocycles. The van der Waals surface area contributed by atoms with E-state index < -0.39 is 0 Å². The number of hydrogen-bond donors (Lipinski definition) is 1. The Balaban J connectivity index is 2.27. The number of halogens is 2. The summed E-state index contributed by atoms with van der Waals surface area (Å²) in [5.41, 5.74) is 6.91. The van der Waals surface area contributed by atoms with Crippen LogP contribution in [0.5, 0.6) is 0 Å². The molecule has 76 valence electrons. The van der Waals surface area contributed by atoms with Crippen LogP contribution >= 0.6 is 15.9 Å². The van der Waals surface area contributed by atoms with Gasteiger partial charge in [0, 0.05) is 10.5 Å². The molecule has 0 saturated heterocycles. The smallest absolute Gasteiger partial charge is 0.123 e. The molecule has 2 atom stereocenters. The zero-order valence-corrected chi connectivity index (χ0v) is 9.43. The predicted octanol–water partition coefficient (Wildman–Crippen LogP) is 3.18. The lowest BCUT2D eigenvalue weighted by Crippen LogP contribution is -2.14. The molecule has 1 aliphatic carbocycles. The van der Waals surface area contributed by atoms with Crippen molar-refractivity contribution >= 4 is 15.9 Å². The maximum Gasteiger partial charge on any atom is 0.123 e. The van der Waals surface area contributed by atoms with Crippen molar-refractivity contribution in [1.82, 2.24) is 0 Å². The van der Waals surface area contributed by atoms with Crippen LogP contribution < -0.4 is 5.73 Å². The Hall–Kier alpha value is -0.410. The van der Waals surface area contributed by atoms with Gasteiger partial charge in [0.15, 0.2) is 0 Å². The Morgan fingerprint density at radius 3 is 2.79 bits per heavy atom. The van der Waals surface area contributed by atoms with Gasteiger partial charge in [0.2, 0.25) is 0 Å². The number of benzene rings is 1. The minimum atomic E-state index is -0.163. The highest BCUT2D eigenvalue weighted by atomic mass is 79.9. The summed E-state index contributed by atoms with van der Waals surface area (Å²) in [6.07, 6.45) is 3.10. The van der Waals surface area contributed by atoms with Crippen molar-refractivity contribution in [1.29, 1.82) is 0 Å². The second-order valence-corrected chi connectivity index (χ2v) is 4.79. The summed E-state index contributed by atoms with van der Waals surface area (Å²) in [5.74, 6) is 0.263. The topological polar surface area (TPSA) is 26.0 Å². The monoisotopic (exact) mass is 257 g/mol. The van der Waals surface area contributed by atoms with Crippen molar-refractivity contribution in [3.05, 3.63) is 34.1 Å². The highest BCUT2D eigenvalue weighted by molar-refractivity contribution is 9.10. The minimum Gasteiger partial charge on any atom is -0.328 e. The van der Waals surface area contributed by atoms with Crippen LogP contribution in [0.2, 0.25) is 0 Å². The lowest BCUT2D eigenvalue weighted by Gasteiger charge is -2.12. The average molecular weight is 258 g/mol. The van der Waals surface area contributed by atoms with Gasteiger partial charge in [0.25, 0.3) is 0 Å². The number of rotatable bonds is 1. The molecule has 0 radical (unpaired) electrons. The summed E-state index contributed by atoms with van der Waals surface area (Å²) >= 11 is 3.45. The van der Waals surface area contributed by atoms with E-state index in [-0.39, 0.29) is 11.9 Å². The van der Waals surface area contributed by atoms with Gasteiger partial charge in [0.05, 0.1) is 0 Å². The van der Waals surface area contributed by atoms with Crippen LogP contribution in [0.3, 0.4) is 0 Å². The van der Waals surface area contributed by atoms with Gasteiger partial charge in [-0.2, -0.15) is 0 Å². The van der Waals surface area contributed by atoms with Crippen LogP contribution in [0, 0.1) is 5.82 Å². The SMILES string of the molecule is NC1CCC(c2cc(F)ccc2Br)C1. The first-order valence-electron chi connectivity index (χ1n) is 4.87. The molecule has 2 rings (SSSR count). The summed E-state index contributed by atoms with van der Waals surface area (Å²) in [5, 5.41) is 0. The molecule has 2 unspecified atom stereocenters. The molecule has 0 aromatic heterocycles. The van der Waals surface area contributed by atoms with Crippen LogP contribution in [-0.4, -0.2) is 6.04 Å².